The molecule has 1 unspecified atom stereocenters. The summed E-state index contributed by atoms with van der Waals surface area (Å²) in [5.41, 5.74) is -0.781. The van der Waals surface area contributed by atoms with E-state index in [-0.39, 0.29) is 33.3 Å². The van der Waals surface area contributed by atoms with Crippen LogP contribution in [-0.4, -0.2) is 26.8 Å². The molecule has 0 spiro atoms. The summed E-state index contributed by atoms with van der Waals surface area (Å²) < 4.78 is 55.8. The number of hydrogen-bond donors (Lipinski definition) is 1. The van der Waals surface area contributed by atoms with Gasteiger partial charge in [0.2, 0.25) is 0 Å². The van der Waals surface area contributed by atoms with Crippen LogP contribution in [-0.2, 0) is 22.4 Å². The smallest absolute Gasteiger partial charge is 0.308 e. The lowest BCUT2D eigenvalue weighted by Crippen LogP contribution is -2.29. The molecule has 36 heavy (non-hydrogen) atoms. The summed E-state index contributed by atoms with van der Waals surface area (Å²) >= 11 is 11.8. The Hall–Kier alpha value is -3.52. The highest BCUT2D eigenvalue weighted by Crippen LogP contribution is 2.38. The van der Waals surface area contributed by atoms with Crippen molar-refractivity contribution in [3.63, 3.8) is 0 Å². The van der Waals surface area contributed by atoms with Crippen molar-refractivity contribution in [2.45, 2.75) is 17.6 Å². The van der Waals surface area contributed by atoms with Crippen molar-refractivity contribution < 1.29 is 27.0 Å². The first-order valence-electron chi connectivity index (χ1n) is 10.0. The van der Waals surface area contributed by atoms with Crippen LogP contribution >= 0.6 is 23.2 Å². The summed E-state index contributed by atoms with van der Waals surface area (Å²) in [5.74, 6) is 2.04. The molecule has 0 saturated carbocycles. The van der Waals surface area contributed by atoms with Gasteiger partial charge in [0.15, 0.2) is 0 Å². The third kappa shape index (κ3) is 4.65. The van der Waals surface area contributed by atoms with E-state index in [1.54, 1.807) is 18.2 Å². The Morgan fingerprint density at radius 1 is 1.00 bits per heavy atom. The average molecular weight is 552 g/mol. The lowest BCUT2D eigenvalue weighted by atomic mass is 10.1. The maximum absolute atomic E-state index is 13.4. The number of halogens is 5. The van der Waals surface area contributed by atoms with Crippen molar-refractivity contribution in [1.29, 1.82) is 5.26 Å². The standard InChI is InChI=1S/C24H14Cl2F3N3O3S/c1-36(35,15-5-6-17(25)16(10-15)24(27,28)29)31-19-8-7-18(26)20-21(19)23(34)32(22(20)33)12-14-4-2-3-13(9-14)11-30/h2-10H,1,12H2,(H,31,35). The van der Waals surface area contributed by atoms with E-state index in [2.05, 4.69) is 10.6 Å². The Bertz CT molecular complexity index is 1580. The van der Waals surface area contributed by atoms with Crippen LogP contribution in [0.1, 0.15) is 37.4 Å². The van der Waals surface area contributed by atoms with Gasteiger partial charge in [-0.05, 0) is 53.9 Å². The van der Waals surface area contributed by atoms with E-state index >= 15 is 0 Å². The van der Waals surface area contributed by atoms with Crippen LogP contribution in [0.25, 0.3) is 0 Å². The minimum Gasteiger partial charge on any atom is -0.308 e. The van der Waals surface area contributed by atoms with Crippen LogP contribution in [0.4, 0.5) is 18.9 Å². The molecule has 1 atom stereocenters. The summed E-state index contributed by atoms with van der Waals surface area (Å²) in [4.78, 5) is 26.9. The van der Waals surface area contributed by atoms with Crippen molar-refractivity contribution in [3.05, 3.63) is 92.5 Å². The Balaban J connectivity index is 1.72. The first kappa shape index (κ1) is 25.6. The number of imide groups is 1. The summed E-state index contributed by atoms with van der Waals surface area (Å²) in [5, 5.41) is 8.48. The molecule has 4 rings (SSSR count). The van der Waals surface area contributed by atoms with Gasteiger partial charge in [-0.1, -0.05) is 35.3 Å². The van der Waals surface area contributed by atoms with E-state index in [0.717, 1.165) is 17.0 Å². The second kappa shape index (κ2) is 9.17. The minimum atomic E-state index is -4.80. The molecule has 12 heteroatoms. The van der Waals surface area contributed by atoms with Gasteiger partial charge in [-0.3, -0.25) is 14.5 Å². The molecule has 0 aliphatic carbocycles. The van der Waals surface area contributed by atoms with Gasteiger partial charge in [0.25, 0.3) is 11.8 Å². The quantitative estimate of drug-likeness (QED) is 0.321. The summed E-state index contributed by atoms with van der Waals surface area (Å²) in [6.07, 6.45) is -4.80. The molecule has 1 aliphatic rings. The third-order valence-electron chi connectivity index (χ3n) is 5.37. The SMILES string of the molecule is C=S(=O)(Nc1ccc(Cl)c2c1C(=O)N(Cc1cccc(C#N)c1)C2=O)c1ccc(Cl)c(C(F)(F)F)c1. The molecule has 1 aliphatic heterocycles. The van der Waals surface area contributed by atoms with Crippen molar-refractivity contribution in [1.82, 2.24) is 4.90 Å². The monoisotopic (exact) mass is 551 g/mol. The summed E-state index contributed by atoms with van der Waals surface area (Å²) in [6.45, 7) is -0.163. The second-order valence-corrected chi connectivity index (χ2v) is 10.6. The largest absolute Gasteiger partial charge is 0.417 e. The van der Waals surface area contributed by atoms with Gasteiger partial charge < -0.3 is 4.72 Å². The number of alkyl halides is 3. The number of anilines is 1. The highest BCUT2D eigenvalue weighted by Gasteiger charge is 2.40. The molecule has 1 N–H and O–H groups in total. The van der Waals surface area contributed by atoms with E-state index in [0.29, 0.717) is 17.2 Å². The zero-order valence-electron chi connectivity index (χ0n) is 18.0. The molecular formula is C24H14Cl2F3N3O3S. The second-order valence-electron chi connectivity index (χ2n) is 7.77. The molecule has 184 valence electrons. The Morgan fingerprint density at radius 3 is 2.33 bits per heavy atom. The Morgan fingerprint density at radius 2 is 1.67 bits per heavy atom. The maximum Gasteiger partial charge on any atom is 0.417 e. The maximum atomic E-state index is 13.4. The van der Waals surface area contributed by atoms with Crippen LogP contribution in [0.3, 0.4) is 0 Å². The van der Waals surface area contributed by atoms with Gasteiger partial charge in [-0.15, -0.1) is 0 Å². The summed E-state index contributed by atoms with van der Waals surface area (Å²) in [7, 11) is -3.64. The van der Waals surface area contributed by atoms with Crippen LogP contribution in [0.2, 0.25) is 10.0 Å². The molecule has 0 fully saturated rings. The molecule has 1 heterocycles. The molecular weight excluding hydrogens is 538 g/mol. The number of nitrogens with one attached hydrogen (secondary N) is 1. The fraction of sp³-hybridized carbons (Fsp3) is 0.0833. The van der Waals surface area contributed by atoms with Gasteiger partial charge in [-0.2, -0.15) is 18.4 Å². The number of hydrogen-bond acceptors (Lipinski definition) is 4. The molecule has 0 bridgehead atoms. The minimum absolute atomic E-state index is 0.0383. The third-order valence-corrected chi connectivity index (χ3v) is 7.58. The Labute approximate surface area is 214 Å². The molecule has 0 saturated heterocycles. The number of rotatable bonds is 5. The number of fused-ring (bicyclic) bond motifs is 1. The normalized spacial score (nSPS) is 14.8. The van der Waals surface area contributed by atoms with Crippen LogP contribution in [0.15, 0.2) is 59.5 Å². The van der Waals surface area contributed by atoms with Crippen molar-refractivity contribution >= 4 is 56.3 Å². The van der Waals surface area contributed by atoms with Crippen molar-refractivity contribution in [3.8, 4) is 6.07 Å². The summed E-state index contributed by atoms with van der Waals surface area (Å²) in [6, 6.07) is 13.6. The van der Waals surface area contributed by atoms with E-state index in [1.165, 1.54) is 18.2 Å². The van der Waals surface area contributed by atoms with Gasteiger partial charge in [0.05, 0.1) is 65.2 Å². The Kier molecular flexibility index (Phi) is 6.51. The highest BCUT2D eigenvalue weighted by molar-refractivity contribution is 8.01. The highest BCUT2D eigenvalue weighted by atomic mass is 35.5. The molecule has 6 nitrogen and oxygen atoms in total. The fourth-order valence-electron chi connectivity index (χ4n) is 3.68. The number of carbonyl (C=O) groups excluding carboxylic acids is 2. The molecule has 3 aromatic rings. The molecule has 0 radical (unpaired) electrons. The lowest BCUT2D eigenvalue weighted by Gasteiger charge is -2.17. The molecule has 3 aromatic carbocycles. The van der Waals surface area contributed by atoms with Crippen molar-refractivity contribution in [2.24, 2.45) is 0 Å². The van der Waals surface area contributed by atoms with Crippen LogP contribution < -0.4 is 4.72 Å². The number of benzene rings is 3. The van der Waals surface area contributed by atoms with E-state index in [1.807, 2.05) is 6.07 Å². The topological polar surface area (TPSA) is 90.3 Å². The predicted octanol–water partition coefficient (Wildman–Crippen LogP) is 5.78. The number of carbonyl (C=O) groups is 2. The zero-order valence-corrected chi connectivity index (χ0v) is 20.4. The van der Waals surface area contributed by atoms with Gasteiger partial charge in [-0.25, -0.2) is 4.21 Å². The lowest BCUT2D eigenvalue weighted by molar-refractivity contribution is -0.137. The van der Waals surface area contributed by atoms with Gasteiger partial charge in [0, 0.05) is 0 Å². The van der Waals surface area contributed by atoms with Gasteiger partial charge in [0.1, 0.15) is 0 Å². The molecule has 2 amide bonds. The number of nitrogens with zero attached hydrogens (tertiary/aromatic N) is 2. The first-order valence-corrected chi connectivity index (χ1v) is 12.5. The van der Waals surface area contributed by atoms with E-state index < -0.39 is 38.3 Å². The van der Waals surface area contributed by atoms with E-state index in [9.17, 15) is 27.0 Å². The van der Waals surface area contributed by atoms with Crippen molar-refractivity contribution in [2.75, 3.05) is 4.72 Å². The van der Waals surface area contributed by atoms with Crippen LogP contribution in [0, 0.1) is 11.3 Å². The van der Waals surface area contributed by atoms with Gasteiger partial charge >= 0.3 is 6.18 Å². The molecule has 0 aromatic heterocycles. The fourth-order valence-corrected chi connectivity index (χ4v) is 5.39. The zero-order chi connectivity index (χ0) is 26.4. The predicted molar refractivity (Wildman–Crippen MR) is 130 cm³/mol. The number of nitriles is 1. The first-order chi connectivity index (χ1) is 16.8. The number of amides is 2. The van der Waals surface area contributed by atoms with E-state index in [4.69, 9.17) is 28.5 Å². The van der Waals surface area contributed by atoms with Crippen LogP contribution in [0.5, 0.6) is 0 Å². The average Bonchev–Trinajstić information content (AvgIpc) is 3.06.